The minimum atomic E-state index is -1.21. The Morgan fingerprint density at radius 2 is 1.17 bits per heavy atom. The number of ether oxygens (including phenoxy) is 6. The maximum Gasteiger partial charge on any atom is 0.303 e. The minimum Gasteiger partial charge on any atom is -0.463 e. The number of esters is 4. The Morgan fingerprint density at radius 1 is 0.643 bits per heavy atom. The zero-order valence-electron chi connectivity index (χ0n) is 26.0. The van der Waals surface area contributed by atoms with Crippen LogP contribution in [0, 0.1) is 0 Å². The molecular weight excluding hydrogens is 550 g/mol. The highest BCUT2D eigenvalue weighted by Crippen LogP contribution is 2.28. The summed E-state index contributed by atoms with van der Waals surface area (Å²) in [5.74, 6) is -2.79. The highest BCUT2D eigenvalue weighted by molar-refractivity contribution is 5.76. The van der Waals surface area contributed by atoms with Gasteiger partial charge in [-0.1, -0.05) is 71.1 Å². The molecule has 0 aromatic carbocycles. The normalized spacial score (nSPS) is 21.7. The fraction of sp³-hybridized carbons (Fsp3) is 0.833. The third kappa shape index (κ3) is 16.6. The third-order valence-corrected chi connectivity index (χ3v) is 6.71. The molecule has 0 radical (unpaired) electrons. The second-order valence-electron chi connectivity index (χ2n) is 10.6. The first kappa shape index (κ1) is 37.3. The van der Waals surface area contributed by atoms with E-state index < -0.39 is 54.5 Å². The molecule has 42 heavy (non-hydrogen) atoms. The molecule has 0 saturated carbocycles. The van der Waals surface area contributed by atoms with Crippen LogP contribution in [0.1, 0.15) is 112 Å². The molecule has 1 rings (SSSR count). The zero-order valence-corrected chi connectivity index (χ0v) is 26.0. The van der Waals surface area contributed by atoms with Crippen molar-refractivity contribution in [2.75, 3.05) is 19.8 Å². The van der Waals surface area contributed by atoms with Gasteiger partial charge in [0.25, 0.3) is 0 Å². The average molecular weight is 602 g/mol. The van der Waals surface area contributed by atoms with Crippen molar-refractivity contribution in [2.45, 2.75) is 142 Å². The summed E-state index contributed by atoms with van der Waals surface area (Å²) in [4.78, 5) is 59.6. The van der Waals surface area contributed by atoms with E-state index in [2.05, 4.69) is 12.2 Å². The highest BCUT2D eigenvalue weighted by Gasteiger charge is 2.51. The number of unbranched alkanes of at least 4 members (excludes halogenated alkanes) is 10. The highest BCUT2D eigenvalue weighted by atomic mass is 16.7. The molecule has 0 spiro atoms. The van der Waals surface area contributed by atoms with Crippen molar-refractivity contribution in [1.82, 2.24) is 5.32 Å². The van der Waals surface area contributed by atoms with Gasteiger partial charge >= 0.3 is 23.9 Å². The summed E-state index contributed by atoms with van der Waals surface area (Å²) in [5, 5.41) is 2.83. The molecule has 1 amide bonds. The van der Waals surface area contributed by atoms with Crippen molar-refractivity contribution in [3.05, 3.63) is 0 Å². The molecule has 0 unspecified atom stereocenters. The predicted octanol–water partition coefficient (Wildman–Crippen LogP) is 3.90. The Hall–Kier alpha value is -2.73. The van der Waals surface area contributed by atoms with Crippen LogP contribution >= 0.6 is 0 Å². The van der Waals surface area contributed by atoms with E-state index in [0.29, 0.717) is 6.42 Å². The smallest absolute Gasteiger partial charge is 0.303 e. The Labute approximate surface area is 249 Å². The number of carbonyl (C=O) groups excluding carboxylic acids is 5. The molecule has 5 atom stereocenters. The number of hydrogen-bond donors (Lipinski definition) is 1. The van der Waals surface area contributed by atoms with Crippen LogP contribution in [0.25, 0.3) is 0 Å². The molecule has 1 fully saturated rings. The topological polar surface area (TPSA) is 153 Å². The Kier molecular flexibility index (Phi) is 19.4. The number of carbonyl (C=O) groups is 5. The molecule has 1 aliphatic rings. The van der Waals surface area contributed by atoms with Gasteiger partial charge < -0.3 is 33.7 Å². The molecule has 0 aliphatic carbocycles. The molecule has 12 heteroatoms. The maximum absolute atomic E-state index is 13.0. The van der Waals surface area contributed by atoms with Crippen LogP contribution in [0.2, 0.25) is 0 Å². The van der Waals surface area contributed by atoms with Gasteiger partial charge in [0.1, 0.15) is 25.4 Å². The fourth-order valence-electron chi connectivity index (χ4n) is 4.76. The quantitative estimate of drug-likeness (QED) is 0.116. The first-order valence-corrected chi connectivity index (χ1v) is 15.2. The van der Waals surface area contributed by atoms with Crippen LogP contribution in [0.3, 0.4) is 0 Å². The second kappa shape index (κ2) is 21.9. The van der Waals surface area contributed by atoms with Crippen molar-refractivity contribution < 1.29 is 52.4 Å². The van der Waals surface area contributed by atoms with E-state index >= 15 is 0 Å². The summed E-state index contributed by atoms with van der Waals surface area (Å²) in [6, 6.07) is -1.07. The van der Waals surface area contributed by atoms with Crippen molar-refractivity contribution >= 4 is 29.8 Å². The second-order valence-corrected chi connectivity index (χ2v) is 10.6. The van der Waals surface area contributed by atoms with Gasteiger partial charge in [-0.3, -0.25) is 24.0 Å². The molecule has 1 N–H and O–H groups in total. The van der Waals surface area contributed by atoms with E-state index in [-0.39, 0.29) is 32.1 Å². The predicted molar refractivity (Wildman–Crippen MR) is 152 cm³/mol. The molecule has 1 saturated heterocycles. The van der Waals surface area contributed by atoms with Gasteiger partial charge in [0.05, 0.1) is 6.61 Å². The lowest BCUT2D eigenvalue weighted by Crippen LogP contribution is -2.66. The van der Waals surface area contributed by atoms with E-state index in [9.17, 15) is 24.0 Å². The van der Waals surface area contributed by atoms with E-state index in [0.717, 1.165) is 19.3 Å². The van der Waals surface area contributed by atoms with Gasteiger partial charge in [0, 0.05) is 34.1 Å². The standard InChI is InChI=1S/C30H51NO11/c1-6-7-8-9-10-11-12-13-14-15-16-17-26(36)31-27-29(41-24(5)35)28(40-23(4)34)25(20-39-22(3)33)42-30(27)38-19-18-37-21(2)32/h25,27-30H,6-20H2,1-5H3,(H,31,36)/t25-,27-,28-,29-,30+/m1/s1. The lowest BCUT2D eigenvalue weighted by atomic mass is 9.95. The van der Waals surface area contributed by atoms with Crippen LogP contribution in [-0.2, 0) is 52.4 Å². The summed E-state index contributed by atoms with van der Waals surface area (Å²) < 4.78 is 32.7. The maximum atomic E-state index is 13.0. The number of nitrogens with one attached hydrogen (secondary N) is 1. The molecule has 0 aromatic heterocycles. The number of hydrogen-bond acceptors (Lipinski definition) is 11. The molecular formula is C30H51NO11. The minimum absolute atomic E-state index is 0.0885. The SMILES string of the molecule is CCCCCCCCCCCCCC(=O)N[C@H]1[C@@H](OCCOC(C)=O)O[C@H](COC(C)=O)[C@@H](OC(C)=O)[C@@H]1OC(C)=O. The zero-order chi connectivity index (χ0) is 31.3. The van der Waals surface area contributed by atoms with Gasteiger partial charge in [0.15, 0.2) is 18.5 Å². The molecule has 12 nitrogen and oxygen atoms in total. The Bertz CT molecular complexity index is 834. The van der Waals surface area contributed by atoms with Crippen LogP contribution in [0.15, 0.2) is 0 Å². The molecule has 0 bridgehead atoms. The van der Waals surface area contributed by atoms with E-state index in [1.807, 2.05) is 0 Å². The van der Waals surface area contributed by atoms with Crippen LogP contribution in [0.4, 0.5) is 0 Å². The molecule has 1 aliphatic heterocycles. The molecule has 0 aromatic rings. The van der Waals surface area contributed by atoms with Crippen LogP contribution in [0.5, 0.6) is 0 Å². The van der Waals surface area contributed by atoms with Gasteiger partial charge in [-0.2, -0.15) is 0 Å². The van der Waals surface area contributed by atoms with Crippen molar-refractivity contribution in [3.8, 4) is 0 Å². The van der Waals surface area contributed by atoms with Crippen molar-refractivity contribution in [1.29, 1.82) is 0 Å². The first-order valence-electron chi connectivity index (χ1n) is 15.2. The summed E-state index contributed by atoms with van der Waals surface area (Å²) in [5.41, 5.74) is 0. The van der Waals surface area contributed by atoms with Gasteiger partial charge in [0.2, 0.25) is 5.91 Å². The lowest BCUT2D eigenvalue weighted by Gasteiger charge is -2.45. The van der Waals surface area contributed by atoms with Gasteiger partial charge in [-0.15, -0.1) is 0 Å². The number of rotatable bonds is 21. The molecule has 1 heterocycles. The summed E-state index contributed by atoms with van der Waals surface area (Å²) in [6.45, 7) is 6.52. The van der Waals surface area contributed by atoms with Crippen molar-refractivity contribution in [3.63, 3.8) is 0 Å². The van der Waals surface area contributed by atoms with Crippen molar-refractivity contribution in [2.24, 2.45) is 0 Å². The van der Waals surface area contributed by atoms with E-state index in [1.54, 1.807) is 0 Å². The van der Waals surface area contributed by atoms with Gasteiger partial charge in [-0.05, 0) is 6.42 Å². The summed E-state index contributed by atoms with van der Waals surface area (Å²) in [6.07, 6.45) is 8.17. The van der Waals surface area contributed by atoms with Gasteiger partial charge in [-0.25, -0.2) is 0 Å². The molecule has 242 valence electrons. The lowest BCUT2D eigenvalue weighted by molar-refractivity contribution is -0.279. The van der Waals surface area contributed by atoms with Crippen LogP contribution in [-0.4, -0.2) is 80.2 Å². The van der Waals surface area contributed by atoms with E-state index in [1.165, 1.54) is 72.6 Å². The Morgan fingerprint density at radius 3 is 1.69 bits per heavy atom. The monoisotopic (exact) mass is 601 g/mol. The summed E-state index contributed by atoms with van der Waals surface area (Å²) >= 11 is 0. The third-order valence-electron chi connectivity index (χ3n) is 6.71. The average Bonchev–Trinajstić information content (AvgIpc) is 2.90. The fourth-order valence-corrected chi connectivity index (χ4v) is 4.76. The van der Waals surface area contributed by atoms with Crippen LogP contribution < -0.4 is 5.32 Å². The Balaban J connectivity index is 2.85. The first-order chi connectivity index (χ1) is 20.0. The summed E-state index contributed by atoms with van der Waals surface area (Å²) in [7, 11) is 0. The van der Waals surface area contributed by atoms with E-state index in [4.69, 9.17) is 28.4 Å². The largest absolute Gasteiger partial charge is 0.463 e. The number of amides is 1.